The Hall–Kier alpha value is -3.10. The molecule has 1 aliphatic heterocycles. The summed E-state index contributed by atoms with van der Waals surface area (Å²) >= 11 is 12.3. The second kappa shape index (κ2) is 8.33. The number of benzene rings is 2. The number of non-ortho nitro benzene ring substituents is 1. The van der Waals surface area contributed by atoms with Gasteiger partial charge in [-0.3, -0.25) is 14.9 Å². The highest BCUT2D eigenvalue weighted by Crippen LogP contribution is 2.26. The number of nitro groups is 1. The molecule has 2 heterocycles. The van der Waals surface area contributed by atoms with Gasteiger partial charge in [-0.05, 0) is 36.4 Å². The van der Waals surface area contributed by atoms with Crippen molar-refractivity contribution in [2.45, 2.75) is 0 Å². The van der Waals surface area contributed by atoms with E-state index in [-0.39, 0.29) is 10.7 Å². The third kappa shape index (κ3) is 3.96. The molecule has 0 aliphatic carbocycles. The minimum absolute atomic E-state index is 0.0662. The van der Waals surface area contributed by atoms with Crippen LogP contribution in [-0.2, 0) is 0 Å². The highest BCUT2D eigenvalue weighted by atomic mass is 35.5. The molecule has 3 aromatic rings. The predicted octanol–water partition coefficient (Wildman–Crippen LogP) is 3.77. The number of hydrogen-bond donors (Lipinski definition) is 0. The summed E-state index contributed by atoms with van der Waals surface area (Å²) < 4.78 is 1.25. The lowest BCUT2D eigenvalue weighted by Gasteiger charge is -2.37. The summed E-state index contributed by atoms with van der Waals surface area (Å²) in [5.41, 5.74) is 1.77. The molecule has 4 rings (SSSR count). The molecule has 0 N–H and O–H groups in total. The molecule has 8 nitrogen and oxygen atoms in total. The van der Waals surface area contributed by atoms with Crippen molar-refractivity contribution < 1.29 is 4.92 Å². The van der Waals surface area contributed by atoms with Gasteiger partial charge in [0, 0.05) is 49.0 Å². The highest BCUT2D eigenvalue weighted by Gasteiger charge is 2.22. The largest absolute Gasteiger partial charge is 0.368 e. The van der Waals surface area contributed by atoms with Gasteiger partial charge in [0.25, 0.3) is 11.2 Å². The first-order chi connectivity index (χ1) is 14.4. The van der Waals surface area contributed by atoms with Crippen LogP contribution in [0.4, 0.5) is 17.1 Å². The molecule has 1 aliphatic rings. The molecule has 0 radical (unpaired) electrons. The number of nitro benzene ring substituents is 1. The summed E-state index contributed by atoms with van der Waals surface area (Å²) in [4.78, 5) is 27.3. The Morgan fingerprint density at radius 1 is 0.867 bits per heavy atom. The standard InChI is InChI=1S/C20H17Cl2N5O3/c21-14-1-3-16(4-2-14)26-20(28)19(22)18(13-23-26)25-11-9-24(10-12-25)15-5-7-17(8-6-15)27(29)30/h1-8,13H,9-12H2. The third-order valence-electron chi connectivity index (χ3n) is 5.02. The van der Waals surface area contributed by atoms with Crippen LogP contribution in [0.3, 0.4) is 0 Å². The van der Waals surface area contributed by atoms with Crippen LogP contribution in [0, 0.1) is 10.1 Å². The Kier molecular flexibility index (Phi) is 5.61. The number of anilines is 2. The van der Waals surface area contributed by atoms with E-state index in [2.05, 4.69) is 10.00 Å². The molecule has 30 heavy (non-hydrogen) atoms. The van der Waals surface area contributed by atoms with E-state index in [1.165, 1.54) is 16.8 Å². The molecule has 1 saturated heterocycles. The molecule has 0 saturated carbocycles. The Bertz CT molecular complexity index is 1120. The summed E-state index contributed by atoms with van der Waals surface area (Å²) in [6.45, 7) is 2.66. The van der Waals surface area contributed by atoms with E-state index >= 15 is 0 Å². The van der Waals surface area contributed by atoms with Crippen molar-refractivity contribution in [3.05, 3.63) is 85.2 Å². The number of hydrogen-bond acceptors (Lipinski definition) is 6. The van der Waals surface area contributed by atoms with Crippen LogP contribution in [0.2, 0.25) is 10.0 Å². The van der Waals surface area contributed by atoms with Gasteiger partial charge in [-0.25, -0.2) is 0 Å². The maximum Gasteiger partial charge on any atom is 0.292 e. The van der Waals surface area contributed by atoms with Gasteiger partial charge in [0.2, 0.25) is 0 Å². The first-order valence-electron chi connectivity index (χ1n) is 9.22. The lowest BCUT2D eigenvalue weighted by Crippen LogP contribution is -2.47. The minimum atomic E-state index is -0.414. The van der Waals surface area contributed by atoms with E-state index in [0.717, 1.165) is 5.69 Å². The van der Waals surface area contributed by atoms with Crippen molar-refractivity contribution in [2.75, 3.05) is 36.0 Å². The molecule has 10 heteroatoms. The van der Waals surface area contributed by atoms with Crippen LogP contribution in [0.25, 0.3) is 5.69 Å². The van der Waals surface area contributed by atoms with Crippen LogP contribution >= 0.6 is 23.2 Å². The van der Waals surface area contributed by atoms with E-state index in [1.807, 2.05) is 4.90 Å². The van der Waals surface area contributed by atoms with E-state index in [1.54, 1.807) is 42.6 Å². The van der Waals surface area contributed by atoms with E-state index in [9.17, 15) is 14.9 Å². The second-order valence-corrected chi connectivity index (χ2v) is 7.60. The number of piperazine rings is 1. The van der Waals surface area contributed by atoms with Gasteiger partial charge in [0.05, 0.1) is 22.5 Å². The fourth-order valence-electron chi connectivity index (χ4n) is 3.40. The molecule has 0 amide bonds. The monoisotopic (exact) mass is 445 g/mol. The molecule has 2 aromatic carbocycles. The second-order valence-electron chi connectivity index (χ2n) is 6.78. The number of halogens is 2. The van der Waals surface area contributed by atoms with Gasteiger partial charge in [-0.2, -0.15) is 9.78 Å². The Balaban J connectivity index is 1.49. The first-order valence-corrected chi connectivity index (χ1v) is 9.98. The van der Waals surface area contributed by atoms with Crippen molar-refractivity contribution in [1.82, 2.24) is 9.78 Å². The Morgan fingerprint density at radius 2 is 1.43 bits per heavy atom. The van der Waals surface area contributed by atoms with Crippen LogP contribution in [0.15, 0.2) is 59.5 Å². The maximum atomic E-state index is 12.7. The molecular weight excluding hydrogens is 429 g/mol. The molecule has 0 unspecified atom stereocenters. The zero-order valence-electron chi connectivity index (χ0n) is 15.7. The fourth-order valence-corrected chi connectivity index (χ4v) is 3.78. The first kappa shape index (κ1) is 20.2. The van der Waals surface area contributed by atoms with Crippen molar-refractivity contribution in [2.24, 2.45) is 0 Å². The molecule has 1 aromatic heterocycles. The van der Waals surface area contributed by atoms with Crippen molar-refractivity contribution in [3.8, 4) is 5.69 Å². The summed E-state index contributed by atoms with van der Waals surface area (Å²) in [6, 6.07) is 13.3. The van der Waals surface area contributed by atoms with Gasteiger partial charge < -0.3 is 9.80 Å². The zero-order chi connectivity index (χ0) is 21.3. The number of rotatable bonds is 4. The third-order valence-corrected chi connectivity index (χ3v) is 5.63. The van der Waals surface area contributed by atoms with Gasteiger partial charge in [-0.1, -0.05) is 23.2 Å². The van der Waals surface area contributed by atoms with Gasteiger partial charge >= 0.3 is 0 Å². The van der Waals surface area contributed by atoms with Crippen molar-refractivity contribution in [1.29, 1.82) is 0 Å². The van der Waals surface area contributed by atoms with Gasteiger partial charge in [0.15, 0.2) is 0 Å². The SMILES string of the molecule is O=c1c(Cl)c(N2CCN(c3ccc([N+](=O)[O-])cc3)CC2)cnn1-c1ccc(Cl)cc1. The van der Waals surface area contributed by atoms with Crippen molar-refractivity contribution in [3.63, 3.8) is 0 Å². The maximum absolute atomic E-state index is 12.7. The highest BCUT2D eigenvalue weighted by molar-refractivity contribution is 6.33. The van der Waals surface area contributed by atoms with E-state index in [0.29, 0.717) is 42.6 Å². The average molecular weight is 446 g/mol. The van der Waals surface area contributed by atoms with Crippen LogP contribution in [-0.4, -0.2) is 40.9 Å². The van der Waals surface area contributed by atoms with Crippen LogP contribution < -0.4 is 15.4 Å². The molecule has 1 fully saturated rings. The predicted molar refractivity (Wildman–Crippen MR) is 117 cm³/mol. The molecule has 0 spiro atoms. The van der Waals surface area contributed by atoms with Crippen LogP contribution in [0.5, 0.6) is 0 Å². The van der Waals surface area contributed by atoms with E-state index < -0.39 is 10.5 Å². The number of aromatic nitrogens is 2. The van der Waals surface area contributed by atoms with Crippen LogP contribution in [0.1, 0.15) is 0 Å². The lowest BCUT2D eigenvalue weighted by molar-refractivity contribution is -0.384. The topological polar surface area (TPSA) is 84.5 Å². The van der Waals surface area contributed by atoms with Crippen molar-refractivity contribution >= 4 is 40.3 Å². The normalized spacial score (nSPS) is 14.1. The summed E-state index contributed by atoms with van der Waals surface area (Å²) in [5.74, 6) is 0. The summed E-state index contributed by atoms with van der Waals surface area (Å²) in [7, 11) is 0. The quantitative estimate of drug-likeness (QED) is 0.448. The summed E-state index contributed by atoms with van der Waals surface area (Å²) in [5, 5.41) is 15.8. The summed E-state index contributed by atoms with van der Waals surface area (Å²) in [6.07, 6.45) is 1.60. The lowest BCUT2D eigenvalue weighted by atomic mass is 10.2. The average Bonchev–Trinajstić information content (AvgIpc) is 2.77. The number of nitrogens with zero attached hydrogens (tertiary/aromatic N) is 5. The van der Waals surface area contributed by atoms with Gasteiger partial charge in [-0.15, -0.1) is 0 Å². The Morgan fingerprint density at radius 3 is 2.03 bits per heavy atom. The fraction of sp³-hybridized carbons (Fsp3) is 0.200. The Labute approximate surface area is 182 Å². The van der Waals surface area contributed by atoms with Gasteiger partial charge in [0.1, 0.15) is 5.02 Å². The molecule has 0 atom stereocenters. The molecule has 154 valence electrons. The smallest absolute Gasteiger partial charge is 0.292 e. The van der Waals surface area contributed by atoms with E-state index in [4.69, 9.17) is 23.2 Å². The molecule has 0 bridgehead atoms. The zero-order valence-corrected chi connectivity index (χ0v) is 17.3. The minimum Gasteiger partial charge on any atom is -0.368 e. The molecular formula is C20H17Cl2N5O3.